The van der Waals surface area contributed by atoms with Gasteiger partial charge in [0.1, 0.15) is 0 Å². The summed E-state index contributed by atoms with van der Waals surface area (Å²) in [5.41, 5.74) is 0. The fraction of sp³-hybridized carbons (Fsp3) is 1.00. The molecule has 0 rings (SSSR count). The minimum atomic E-state index is -1.50. The van der Waals surface area contributed by atoms with Crippen molar-refractivity contribution < 1.29 is 8.85 Å². The Bertz CT molecular complexity index is 278. The van der Waals surface area contributed by atoms with Gasteiger partial charge in [0.25, 0.3) is 0 Å². The van der Waals surface area contributed by atoms with Crippen LogP contribution in [0.1, 0.15) is 84.5 Å². The van der Waals surface area contributed by atoms with Crippen molar-refractivity contribution in [2.24, 2.45) is 0 Å². The molecule has 2 nitrogen and oxygen atoms in total. The second kappa shape index (κ2) is 13.5. The fourth-order valence-electron chi connectivity index (χ4n) is 3.34. The van der Waals surface area contributed by atoms with E-state index in [0.29, 0.717) is 12.2 Å². The SMILES string of the molecule is CCCCCC[C@H](C[C@H](CCCCCC)O[Si](C)(C)C)O[Si](C)(C)C. The van der Waals surface area contributed by atoms with E-state index in [1.165, 1.54) is 64.2 Å². The molecule has 0 aliphatic heterocycles. The molecular weight excluding hydrogens is 340 g/mol. The summed E-state index contributed by atoms with van der Waals surface area (Å²) in [5.74, 6) is 0. The smallest absolute Gasteiger partial charge is 0.184 e. The molecule has 0 N–H and O–H groups in total. The highest BCUT2D eigenvalue weighted by atomic mass is 28.4. The van der Waals surface area contributed by atoms with Crippen LogP contribution in [0.25, 0.3) is 0 Å². The molecule has 0 spiro atoms. The summed E-state index contributed by atoms with van der Waals surface area (Å²) < 4.78 is 13.1. The molecule has 0 radical (unpaired) electrons. The predicted octanol–water partition coefficient (Wildman–Crippen LogP) is 7.76. The van der Waals surface area contributed by atoms with Crippen molar-refractivity contribution in [1.82, 2.24) is 0 Å². The van der Waals surface area contributed by atoms with Gasteiger partial charge in [0, 0.05) is 12.2 Å². The highest BCUT2D eigenvalue weighted by molar-refractivity contribution is 6.70. The van der Waals surface area contributed by atoms with Gasteiger partial charge in [0.2, 0.25) is 0 Å². The Morgan fingerprint density at radius 1 is 0.560 bits per heavy atom. The summed E-state index contributed by atoms with van der Waals surface area (Å²) in [6.07, 6.45) is 14.9. The number of hydrogen-bond donors (Lipinski definition) is 0. The maximum atomic E-state index is 6.56. The van der Waals surface area contributed by atoms with Gasteiger partial charge in [-0.25, -0.2) is 0 Å². The normalized spacial score (nSPS) is 15.4. The first kappa shape index (κ1) is 25.4. The molecule has 0 saturated heterocycles. The first-order valence-electron chi connectivity index (χ1n) is 10.9. The highest BCUT2D eigenvalue weighted by Crippen LogP contribution is 2.24. The van der Waals surface area contributed by atoms with Crippen molar-refractivity contribution in [3.8, 4) is 0 Å². The van der Waals surface area contributed by atoms with E-state index in [1.807, 2.05) is 0 Å². The van der Waals surface area contributed by atoms with Crippen LogP contribution in [0.3, 0.4) is 0 Å². The third kappa shape index (κ3) is 17.5. The topological polar surface area (TPSA) is 18.5 Å². The molecule has 25 heavy (non-hydrogen) atoms. The van der Waals surface area contributed by atoms with E-state index in [-0.39, 0.29) is 0 Å². The van der Waals surface area contributed by atoms with Crippen LogP contribution < -0.4 is 0 Å². The van der Waals surface area contributed by atoms with E-state index >= 15 is 0 Å². The highest BCUT2D eigenvalue weighted by Gasteiger charge is 2.27. The van der Waals surface area contributed by atoms with Crippen molar-refractivity contribution in [3.63, 3.8) is 0 Å². The molecule has 0 aliphatic carbocycles. The van der Waals surface area contributed by atoms with Gasteiger partial charge < -0.3 is 8.85 Å². The molecule has 0 bridgehead atoms. The molecule has 0 aromatic rings. The summed E-state index contributed by atoms with van der Waals surface area (Å²) in [5, 5.41) is 0. The van der Waals surface area contributed by atoms with Crippen molar-refractivity contribution in [2.45, 2.75) is 136 Å². The molecule has 0 heterocycles. The Kier molecular flexibility index (Phi) is 13.7. The minimum absolute atomic E-state index is 0.399. The van der Waals surface area contributed by atoms with Crippen LogP contribution in [0.5, 0.6) is 0 Å². The van der Waals surface area contributed by atoms with Gasteiger partial charge in [-0.2, -0.15) is 0 Å². The first-order valence-corrected chi connectivity index (χ1v) is 17.7. The Hall–Kier alpha value is 0.354. The average Bonchev–Trinajstić information content (AvgIpc) is 2.44. The van der Waals surface area contributed by atoms with Gasteiger partial charge >= 0.3 is 0 Å². The van der Waals surface area contributed by atoms with E-state index in [9.17, 15) is 0 Å². The third-order valence-corrected chi connectivity index (χ3v) is 6.41. The predicted molar refractivity (Wildman–Crippen MR) is 119 cm³/mol. The van der Waals surface area contributed by atoms with Gasteiger partial charge in [0.15, 0.2) is 16.6 Å². The zero-order valence-electron chi connectivity index (χ0n) is 18.7. The second-order valence-electron chi connectivity index (χ2n) is 9.64. The van der Waals surface area contributed by atoms with Crippen LogP contribution in [0, 0.1) is 0 Å². The van der Waals surface area contributed by atoms with E-state index in [2.05, 4.69) is 53.1 Å². The molecule has 0 amide bonds. The lowest BCUT2D eigenvalue weighted by atomic mass is 10.0. The lowest BCUT2D eigenvalue weighted by molar-refractivity contribution is 0.0881. The summed E-state index contributed by atoms with van der Waals surface area (Å²) in [4.78, 5) is 0. The molecule has 0 aromatic heterocycles. The maximum absolute atomic E-state index is 6.56. The Morgan fingerprint density at radius 3 is 1.20 bits per heavy atom. The quantitative estimate of drug-likeness (QED) is 0.199. The monoisotopic (exact) mass is 388 g/mol. The van der Waals surface area contributed by atoms with Crippen LogP contribution in [0.15, 0.2) is 0 Å². The summed E-state index contributed by atoms with van der Waals surface area (Å²) in [6, 6.07) is 0. The van der Waals surface area contributed by atoms with Gasteiger partial charge in [-0.05, 0) is 58.5 Å². The molecule has 0 fully saturated rings. The molecule has 4 heteroatoms. The van der Waals surface area contributed by atoms with Crippen molar-refractivity contribution >= 4 is 16.6 Å². The van der Waals surface area contributed by atoms with Crippen LogP contribution in [0.2, 0.25) is 39.3 Å². The van der Waals surface area contributed by atoms with Gasteiger partial charge in [0.05, 0.1) is 0 Å². The van der Waals surface area contributed by atoms with Crippen molar-refractivity contribution in [3.05, 3.63) is 0 Å². The third-order valence-electron chi connectivity index (χ3n) is 4.33. The summed E-state index contributed by atoms with van der Waals surface area (Å²) >= 11 is 0. The lowest BCUT2D eigenvalue weighted by Crippen LogP contribution is -2.38. The van der Waals surface area contributed by atoms with Crippen LogP contribution in [0.4, 0.5) is 0 Å². The standard InChI is InChI=1S/C21H48O2Si2/c1-9-11-13-15-17-20(22-24(3,4)5)19-21(23-25(6,7)8)18-16-14-12-10-2/h20-21H,9-19H2,1-8H3/t20-,21+. The Morgan fingerprint density at radius 2 is 0.920 bits per heavy atom. The largest absolute Gasteiger partial charge is 0.415 e. The molecule has 2 atom stereocenters. The van der Waals surface area contributed by atoms with Crippen LogP contribution in [-0.2, 0) is 8.85 Å². The lowest BCUT2D eigenvalue weighted by Gasteiger charge is -2.33. The zero-order valence-corrected chi connectivity index (χ0v) is 20.7. The summed E-state index contributed by atoms with van der Waals surface area (Å²) in [6.45, 7) is 18.5. The zero-order chi connectivity index (χ0) is 19.3. The van der Waals surface area contributed by atoms with Crippen molar-refractivity contribution in [1.29, 1.82) is 0 Å². The van der Waals surface area contributed by atoms with Crippen molar-refractivity contribution in [2.75, 3.05) is 0 Å². The number of unbranched alkanes of at least 4 members (excludes halogenated alkanes) is 6. The molecule has 0 aromatic carbocycles. The van der Waals surface area contributed by atoms with Gasteiger partial charge in [-0.15, -0.1) is 0 Å². The van der Waals surface area contributed by atoms with E-state index in [1.54, 1.807) is 0 Å². The van der Waals surface area contributed by atoms with E-state index in [0.717, 1.165) is 6.42 Å². The maximum Gasteiger partial charge on any atom is 0.184 e. The second-order valence-corrected chi connectivity index (χ2v) is 18.6. The molecule has 0 unspecified atom stereocenters. The first-order chi connectivity index (χ1) is 11.6. The Balaban J connectivity index is 4.69. The summed E-state index contributed by atoms with van der Waals surface area (Å²) in [7, 11) is -3.00. The van der Waals surface area contributed by atoms with E-state index < -0.39 is 16.6 Å². The number of rotatable bonds is 16. The fourth-order valence-corrected chi connectivity index (χ4v) is 5.77. The molecule has 152 valence electrons. The van der Waals surface area contributed by atoms with Crippen LogP contribution in [-0.4, -0.2) is 28.8 Å². The van der Waals surface area contributed by atoms with E-state index in [4.69, 9.17) is 8.85 Å². The average molecular weight is 389 g/mol. The Labute approximate surface area is 161 Å². The number of hydrogen-bond acceptors (Lipinski definition) is 2. The van der Waals surface area contributed by atoms with Crippen LogP contribution >= 0.6 is 0 Å². The molecule has 0 saturated carbocycles. The van der Waals surface area contributed by atoms with Gasteiger partial charge in [-0.3, -0.25) is 0 Å². The molecule has 0 aliphatic rings. The van der Waals surface area contributed by atoms with Gasteiger partial charge in [-0.1, -0.05) is 65.2 Å². The minimum Gasteiger partial charge on any atom is -0.415 e. The molecular formula is C21H48O2Si2.